The lowest BCUT2D eigenvalue weighted by molar-refractivity contribution is 0.414. The van der Waals surface area contributed by atoms with Crippen LogP contribution in [0.5, 0.6) is 5.75 Å². The number of nitrogen functional groups attached to an aromatic ring is 1. The lowest BCUT2D eigenvalue weighted by Crippen LogP contribution is -2.03. The Labute approximate surface area is 139 Å². The fourth-order valence-electron chi connectivity index (χ4n) is 3.24. The van der Waals surface area contributed by atoms with Gasteiger partial charge in [-0.15, -0.1) is 11.3 Å². The van der Waals surface area contributed by atoms with Crippen molar-refractivity contribution in [2.45, 2.75) is 32.1 Å². The summed E-state index contributed by atoms with van der Waals surface area (Å²) in [5.74, 6) is 2.28. The quantitative estimate of drug-likeness (QED) is 0.796. The molecule has 4 rings (SSSR count). The average molecular weight is 325 g/mol. The molecular weight excluding hydrogens is 306 g/mol. The van der Waals surface area contributed by atoms with E-state index in [1.165, 1.54) is 23.3 Å². The van der Waals surface area contributed by atoms with Crippen molar-refractivity contribution in [3.8, 4) is 5.75 Å². The lowest BCUT2D eigenvalue weighted by Gasteiger charge is -2.10. The monoisotopic (exact) mass is 325 g/mol. The van der Waals surface area contributed by atoms with Crippen molar-refractivity contribution < 1.29 is 4.74 Å². The van der Waals surface area contributed by atoms with E-state index in [0.29, 0.717) is 12.2 Å². The Morgan fingerprint density at radius 2 is 1.91 bits per heavy atom. The summed E-state index contributed by atoms with van der Waals surface area (Å²) < 4.78 is 5.19. The summed E-state index contributed by atoms with van der Waals surface area (Å²) in [5.41, 5.74) is 8.81. The standard InChI is InChI=1S/C18H19N3OS/c1-22-12-8-6-11(7-9-12)10-15-20-17(19)16-13-4-2-3-5-14(13)23-18(16)21-15/h6-9H,2-5,10H2,1H3,(H2,19,20,21). The molecule has 0 amide bonds. The molecule has 0 radical (unpaired) electrons. The van der Waals surface area contributed by atoms with Gasteiger partial charge in [-0.05, 0) is 48.9 Å². The van der Waals surface area contributed by atoms with Gasteiger partial charge in [-0.25, -0.2) is 9.97 Å². The van der Waals surface area contributed by atoms with E-state index in [-0.39, 0.29) is 0 Å². The van der Waals surface area contributed by atoms with Crippen molar-refractivity contribution in [3.63, 3.8) is 0 Å². The number of rotatable bonds is 3. The Morgan fingerprint density at radius 1 is 1.13 bits per heavy atom. The highest BCUT2D eigenvalue weighted by Crippen LogP contribution is 2.37. The highest BCUT2D eigenvalue weighted by molar-refractivity contribution is 7.19. The molecule has 5 heteroatoms. The Balaban J connectivity index is 1.70. The van der Waals surface area contributed by atoms with E-state index >= 15 is 0 Å². The predicted molar refractivity (Wildman–Crippen MR) is 94.3 cm³/mol. The van der Waals surface area contributed by atoms with Gasteiger partial charge >= 0.3 is 0 Å². The third-order valence-corrected chi connectivity index (χ3v) is 5.60. The van der Waals surface area contributed by atoms with Crippen molar-refractivity contribution >= 4 is 27.4 Å². The number of methoxy groups -OCH3 is 1. The molecule has 2 N–H and O–H groups in total. The van der Waals surface area contributed by atoms with E-state index in [1.807, 2.05) is 24.3 Å². The number of aryl methyl sites for hydroxylation is 2. The van der Waals surface area contributed by atoms with Gasteiger partial charge in [-0.1, -0.05) is 12.1 Å². The van der Waals surface area contributed by atoms with Crippen LogP contribution < -0.4 is 10.5 Å². The van der Waals surface area contributed by atoms with E-state index in [2.05, 4.69) is 4.98 Å². The SMILES string of the molecule is COc1ccc(Cc2nc(N)c3c4c(sc3n2)CCCC4)cc1. The molecule has 23 heavy (non-hydrogen) atoms. The van der Waals surface area contributed by atoms with Crippen molar-refractivity contribution in [1.82, 2.24) is 9.97 Å². The molecule has 0 spiro atoms. The fraction of sp³-hybridized carbons (Fsp3) is 0.333. The van der Waals surface area contributed by atoms with Gasteiger partial charge < -0.3 is 10.5 Å². The summed E-state index contributed by atoms with van der Waals surface area (Å²) in [6.45, 7) is 0. The molecule has 0 fully saturated rings. The second-order valence-electron chi connectivity index (χ2n) is 5.94. The first-order valence-corrected chi connectivity index (χ1v) is 8.76. The molecule has 1 aliphatic carbocycles. The first kappa shape index (κ1) is 14.5. The predicted octanol–water partition coefficient (Wildman–Crippen LogP) is 3.75. The highest BCUT2D eigenvalue weighted by atomic mass is 32.1. The number of hydrogen-bond donors (Lipinski definition) is 1. The lowest BCUT2D eigenvalue weighted by atomic mass is 9.97. The van der Waals surface area contributed by atoms with Gasteiger partial charge in [-0.2, -0.15) is 0 Å². The summed E-state index contributed by atoms with van der Waals surface area (Å²) in [7, 11) is 1.67. The zero-order chi connectivity index (χ0) is 15.8. The fourth-order valence-corrected chi connectivity index (χ4v) is 4.52. The van der Waals surface area contributed by atoms with E-state index < -0.39 is 0 Å². The van der Waals surface area contributed by atoms with Crippen LogP contribution in [0.15, 0.2) is 24.3 Å². The van der Waals surface area contributed by atoms with Crippen molar-refractivity contribution in [3.05, 3.63) is 46.1 Å². The number of thiophene rings is 1. The molecule has 0 bridgehead atoms. The maximum atomic E-state index is 6.26. The number of benzene rings is 1. The number of nitrogens with zero attached hydrogens (tertiary/aromatic N) is 2. The van der Waals surface area contributed by atoms with E-state index in [0.717, 1.165) is 40.2 Å². The first-order chi connectivity index (χ1) is 11.2. The molecule has 0 saturated heterocycles. The van der Waals surface area contributed by atoms with Gasteiger partial charge in [0, 0.05) is 11.3 Å². The molecule has 0 saturated carbocycles. The summed E-state index contributed by atoms with van der Waals surface area (Å²) in [5, 5.41) is 1.10. The molecule has 2 heterocycles. The van der Waals surface area contributed by atoms with Crippen LogP contribution in [0.3, 0.4) is 0 Å². The van der Waals surface area contributed by atoms with E-state index in [4.69, 9.17) is 15.5 Å². The third-order valence-electron chi connectivity index (χ3n) is 4.41. The Kier molecular flexibility index (Phi) is 3.65. The summed E-state index contributed by atoms with van der Waals surface area (Å²) in [6.07, 6.45) is 5.47. The van der Waals surface area contributed by atoms with Crippen LogP contribution in [0, 0.1) is 0 Å². The average Bonchev–Trinajstić information content (AvgIpc) is 2.94. The van der Waals surface area contributed by atoms with Gasteiger partial charge in [0.2, 0.25) is 0 Å². The Hall–Kier alpha value is -2.14. The minimum atomic E-state index is 0.637. The molecule has 118 valence electrons. The van der Waals surface area contributed by atoms with Gasteiger partial charge in [-0.3, -0.25) is 0 Å². The van der Waals surface area contributed by atoms with Gasteiger partial charge in [0.1, 0.15) is 22.2 Å². The minimum absolute atomic E-state index is 0.637. The van der Waals surface area contributed by atoms with Crippen LogP contribution in [0.2, 0.25) is 0 Å². The van der Waals surface area contributed by atoms with Crippen LogP contribution in [0.1, 0.15) is 34.7 Å². The zero-order valence-corrected chi connectivity index (χ0v) is 13.9. The van der Waals surface area contributed by atoms with Crippen molar-refractivity contribution in [1.29, 1.82) is 0 Å². The van der Waals surface area contributed by atoms with Crippen LogP contribution in [-0.2, 0) is 19.3 Å². The highest BCUT2D eigenvalue weighted by Gasteiger charge is 2.20. The number of anilines is 1. The Bertz CT molecular complexity index is 855. The van der Waals surface area contributed by atoms with E-state index in [1.54, 1.807) is 18.4 Å². The molecule has 1 aromatic carbocycles. The number of ether oxygens (including phenoxy) is 1. The van der Waals surface area contributed by atoms with Crippen LogP contribution in [0.4, 0.5) is 5.82 Å². The van der Waals surface area contributed by atoms with Gasteiger partial charge in [0.05, 0.1) is 12.5 Å². The minimum Gasteiger partial charge on any atom is -0.497 e. The van der Waals surface area contributed by atoms with Gasteiger partial charge in [0.25, 0.3) is 0 Å². The molecule has 0 unspecified atom stereocenters. The zero-order valence-electron chi connectivity index (χ0n) is 13.1. The van der Waals surface area contributed by atoms with Crippen LogP contribution in [-0.4, -0.2) is 17.1 Å². The smallest absolute Gasteiger partial charge is 0.136 e. The second kappa shape index (κ2) is 5.81. The van der Waals surface area contributed by atoms with Crippen LogP contribution in [0.25, 0.3) is 10.2 Å². The number of fused-ring (bicyclic) bond motifs is 3. The molecule has 0 aliphatic heterocycles. The topological polar surface area (TPSA) is 61.0 Å². The number of aromatic nitrogens is 2. The largest absolute Gasteiger partial charge is 0.497 e. The molecular formula is C18H19N3OS. The summed E-state index contributed by atoms with van der Waals surface area (Å²) in [4.78, 5) is 11.8. The maximum Gasteiger partial charge on any atom is 0.136 e. The van der Waals surface area contributed by atoms with Crippen molar-refractivity contribution in [2.24, 2.45) is 0 Å². The molecule has 3 aromatic rings. The maximum absolute atomic E-state index is 6.26. The Morgan fingerprint density at radius 3 is 2.70 bits per heavy atom. The number of hydrogen-bond acceptors (Lipinski definition) is 5. The molecule has 2 aromatic heterocycles. The normalized spacial score (nSPS) is 14.0. The second-order valence-corrected chi connectivity index (χ2v) is 7.02. The molecule has 1 aliphatic rings. The van der Waals surface area contributed by atoms with Crippen LogP contribution >= 0.6 is 11.3 Å². The van der Waals surface area contributed by atoms with Crippen molar-refractivity contribution in [2.75, 3.05) is 12.8 Å². The molecule has 4 nitrogen and oxygen atoms in total. The summed E-state index contributed by atoms with van der Waals surface area (Å²) >= 11 is 1.79. The number of nitrogens with two attached hydrogens (primary N) is 1. The van der Waals surface area contributed by atoms with Gasteiger partial charge in [0.15, 0.2) is 0 Å². The first-order valence-electron chi connectivity index (χ1n) is 7.94. The third kappa shape index (κ3) is 2.65. The summed E-state index contributed by atoms with van der Waals surface area (Å²) in [6, 6.07) is 8.01. The van der Waals surface area contributed by atoms with E-state index in [9.17, 15) is 0 Å². The molecule has 0 atom stereocenters.